The largest absolute Gasteiger partial charge is 0.454 e. The Morgan fingerprint density at radius 3 is 2.52 bits per heavy atom. The van der Waals surface area contributed by atoms with Crippen molar-refractivity contribution in [3.63, 3.8) is 0 Å². The Balaban J connectivity index is 1.45. The Morgan fingerprint density at radius 2 is 1.76 bits per heavy atom. The molecule has 0 bridgehead atoms. The predicted octanol–water partition coefficient (Wildman–Crippen LogP) is 0.359. The maximum atomic E-state index is 11.9. The number of fused-ring (bicyclic) bond motifs is 1. The number of thioether (sulfide) groups is 2. The summed E-state index contributed by atoms with van der Waals surface area (Å²) in [4.78, 5) is 23.9. The van der Waals surface area contributed by atoms with Crippen molar-refractivity contribution in [2.75, 3.05) is 36.3 Å². The molecule has 0 aliphatic carbocycles. The minimum Gasteiger partial charge on any atom is -0.454 e. The van der Waals surface area contributed by atoms with Gasteiger partial charge in [0.15, 0.2) is 11.5 Å². The number of carbonyl (C=O) groups excluding carboxylic acids is 2. The molecule has 2 amide bonds. The first kappa shape index (κ1) is 18.2. The van der Waals surface area contributed by atoms with E-state index in [1.165, 1.54) is 0 Å². The number of benzene rings is 1. The lowest BCUT2D eigenvalue weighted by atomic mass is 10.1. The average molecular weight is 384 g/mol. The Morgan fingerprint density at radius 1 is 1.08 bits per heavy atom. The van der Waals surface area contributed by atoms with Gasteiger partial charge in [-0.25, -0.2) is 0 Å². The van der Waals surface area contributed by atoms with E-state index in [2.05, 4.69) is 10.6 Å². The summed E-state index contributed by atoms with van der Waals surface area (Å²) in [6.45, 7) is 0.467. The third kappa shape index (κ3) is 4.96. The van der Waals surface area contributed by atoms with Crippen LogP contribution in [-0.4, -0.2) is 58.9 Å². The monoisotopic (exact) mass is 384 g/mol. The molecule has 2 aliphatic heterocycles. The summed E-state index contributed by atoms with van der Waals surface area (Å²) in [7, 11) is 0. The molecule has 2 heterocycles. The van der Waals surface area contributed by atoms with E-state index in [-0.39, 0.29) is 19.9 Å². The molecular formula is C16H20N2O5S2. The predicted molar refractivity (Wildman–Crippen MR) is 97.0 cm³/mol. The Kier molecular flexibility index (Phi) is 5.98. The van der Waals surface area contributed by atoms with Crippen molar-refractivity contribution in [2.24, 2.45) is 0 Å². The molecule has 3 rings (SSSR count). The lowest BCUT2D eigenvalue weighted by molar-refractivity contribution is -0.139. The molecule has 25 heavy (non-hydrogen) atoms. The van der Waals surface area contributed by atoms with Gasteiger partial charge in [0.1, 0.15) is 0 Å². The molecule has 0 aromatic heterocycles. The molecule has 0 saturated carbocycles. The first-order chi connectivity index (χ1) is 12.1. The van der Waals surface area contributed by atoms with Crippen LogP contribution in [0.3, 0.4) is 0 Å². The number of hydrogen-bond acceptors (Lipinski definition) is 7. The van der Waals surface area contributed by atoms with Gasteiger partial charge in [0, 0.05) is 36.1 Å². The molecule has 7 nitrogen and oxygen atoms in total. The molecule has 0 unspecified atom stereocenters. The molecule has 0 spiro atoms. The number of hydrogen-bond donors (Lipinski definition) is 3. The topological polar surface area (TPSA) is 96.9 Å². The van der Waals surface area contributed by atoms with Crippen LogP contribution in [0.25, 0.3) is 0 Å². The van der Waals surface area contributed by atoms with E-state index in [1.807, 2.05) is 0 Å². The van der Waals surface area contributed by atoms with E-state index in [0.717, 1.165) is 17.1 Å². The summed E-state index contributed by atoms with van der Waals surface area (Å²) in [5.41, 5.74) is -0.167. The maximum Gasteiger partial charge on any atom is 0.309 e. The normalized spacial score (nSPS) is 18.3. The maximum absolute atomic E-state index is 11.9. The first-order valence-corrected chi connectivity index (χ1v) is 10.2. The number of ether oxygens (including phenoxy) is 2. The lowest BCUT2D eigenvalue weighted by Gasteiger charge is -2.25. The number of aliphatic hydroxyl groups is 1. The van der Waals surface area contributed by atoms with Gasteiger partial charge in [0.25, 0.3) is 0 Å². The quantitative estimate of drug-likeness (QED) is 0.645. The number of nitrogens with one attached hydrogen (secondary N) is 2. The van der Waals surface area contributed by atoms with Crippen LogP contribution in [-0.2, 0) is 16.1 Å². The second-order valence-electron chi connectivity index (χ2n) is 5.88. The van der Waals surface area contributed by atoms with Crippen molar-refractivity contribution in [3.8, 4) is 11.5 Å². The average Bonchev–Trinajstić information content (AvgIpc) is 2.97. The van der Waals surface area contributed by atoms with Crippen molar-refractivity contribution in [1.82, 2.24) is 10.6 Å². The van der Waals surface area contributed by atoms with Gasteiger partial charge in [-0.1, -0.05) is 6.07 Å². The van der Waals surface area contributed by atoms with Crippen LogP contribution >= 0.6 is 23.5 Å². The first-order valence-electron chi connectivity index (χ1n) is 7.88. The van der Waals surface area contributed by atoms with Gasteiger partial charge in [0.2, 0.25) is 6.79 Å². The highest BCUT2D eigenvalue weighted by atomic mass is 32.2. The van der Waals surface area contributed by atoms with Crippen LogP contribution in [0, 0.1) is 0 Å². The summed E-state index contributed by atoms with van der Waals surface area (Å²) < 4.78 is 10.5. The highest BCUT2D eigenvalue weighted by molar-refractivity contribution is 8.03. The van der Waals surface area contributed by atoms with Crippen molar-refractivity contribution in [2.45, 2.75) is 12.1 Å². The van der Waals surface area contributed by atoms with Gasteiger partial charge in [-0.05, 0) is 17.7 Å². The summed E-state index contributed by atoms with van der Waals surface area (Å²) >= 11 is 3.31. The molecule has 0 atom stereocenters. The fourth-order valence-electron chi connectivity index (χ4n) is 2.42. The van der Waals surface area contributed by atoms with Crippen LogP contribution in [0.2, 0.25) is 0 Å². The second kappa shape index (κ2) is 8.20. The van der Waals surface area contributed by atoms with Crippen LogP contribution < -0.4 is 20.1 Å². The molecule has 1 aromatic carbocycles. The summed E-state index contributed by atoms with van der Waals surface area (Å²) in [6, 6.07) is 5.33. The molecule has 1 saturated heterocycles. The van der Waals surface area contributed by atoms with Gasteiger partial charge >= 0.3 is 11.8 Å². The van der Waals surface area contributed by atoms with E-state index in [9.17, 15) is 14.7 Å². The number of amides is 2. The van der Waals surface area contributed by atoms with Crippen LogP contribution in [0.5, 0.6) is 11.5 Å². The van der Waals surface area contributed by atoms with Gasteiger partial charge in [-0.2, -0.15) is 23.5 Å². The van der Waals surface area contributed by atoms with Gasteiger partial charge < -0.3 is 25.2 Å². The Hall–Kier alpha value is -1.58. The molecule has 3 N–H and O–H groups in total. The van der Waals surface area contributed by atoms with E-state index in [1.54, 1.807) is 41.7 Å². The van der Waals surface area contributed by atoms with Crippen LogP contribution in [0.1, 0.15) is 5.56 Å². The summed E-state index contributed by atoms with van der Waals surface area (Å²) in [5.74, 6) is 2.90. The number of carbonyl (C=O) groups is 2. The Bertz CT molecular complexity index is 647. The third-order valence-corrected chi connectivity index (χ3v) is 6.51. The molecule has 136 valence electrons. The van der Waals surface area contributed by atoms with Crippen molar-refractivity contribution >= 4 is 35.3 Å². The summed E-state index contributed by atoms with van der Waals surface area (Å²) in [6.07, 6.45) is 0. The van der Waals surface area contributed by atoms with Crippen LogP contribution in [0.4, 0.5) is 0 Å². The second-order valence-corrected chi connectivity index (χ2v) is 8.09. The van der Waals surface area contributed by atoms with Gasteiger partial charge in [0.05, 0.1) is 5.60 Å². The molecule has 2 aliphatic rings. The van der Waals surface area contributed by atoms with Gasteiger partial charge in [-0.3, -0.25) is 9.59 Å². The molecular weight excluding hydrogens is 364 g/mol. The van der Waals surface area contributed by atoms with Gasteiger partial charge in [-0.15, -0.1) is 0 Å². The third-order valence-electron chi connectivity index (χ3n) is 3.79. The SMILES string of the molecule is O=C(NCc1ccc2c(c1)OCO2)C(=O)NCC1(O)CSCCSC1. The fourth-order valence-corrected chi connectivity index (χ4v) is 4.95. The zero-order valence-corrected chi connectivity index (χ0v) is 15.2. The minimum absolute atomic E-state index is 0.0727. The highest BCUT2D eigenvalue weighted by Crippen LogP contribution is 2.32. The molecule has 9 heteroatoms. The Labute approximate surface area is 154 Å². The lowest BCUT2D eigenvalue weighted by Crippen LogP contribution is -2.50. The number of rotatable bonds is 4. The van der Waals surface area contributed by atoms with E-state index in [4.69, 9.17) is 9.47 Å². The zero-order chi connectivity index (χ0) is 17.7. The standard InChI is InChI=1S/C16H20N2O5S2/c19-14(15(20)18-7-16(21)8-24-3-4-25-9-16)17-6-11-1-2-12-13(5-11)23-10-22-12/h1-2,5,21H,3-4,6-10H2,(H,17,19)(H,18,20). The summed E-state index contributed by atoms with van der Waals surface area (Å²) in [5, 5.41) is 15.6. The van der Waals surface area contributed by atoms with Crippen molar-refractivity contribution in [3.05, 3.63) is 23.8 Å². The van der Waals surface area contributed by atoms with Crippen molar-refractivity contribution in [1.29, 1.82) is 0 Å². The van der Waals surface area contributed by atoms with E-state index in [0.29, 0.717) is 23.0 Å². The van der Waals surface area contributed by atoms with E-state index >= 15 is 0 Å². The van der Waals surface area contributed by atoms with E-state index < -0.39 is 17.4 Å². The fraction of sp³-hybridized carbons (Fsp3) is 0.500. The zero-order valence-electron chi connectivity index (χ0n) is 13.6. The molecule has 1 aromatic rings. The smallest absolute Gasteiger partial charge is 0.309 e. The molecule has 1 fully saturated rings. The minimum atomic E-state index is -0.973. The van der Waals surface area contributed by atoms with Crippen LogP contribution in [0.15, 0.2) is 18.2 Å². The highest BCUT2D eigenvalue weighted by Gasteiger charge is 2.30. The van der Waals surface area contributed by atoms with Crippen molar-refractivity contribution < 1.29 is 24.2 Å². The molecule has 0 radical (unpaired) electrons.